The monoisotopic (exact) mass is 189 g/mol. The van der Waals surface area contributed by atoms with Crippen LogP contribution in [-0.4, -0.2) is 10.1 Å². The maximum atomic E-state index is 10.9. The minimum absolute atomic E-state index is 0.252. The smallest absolute Gasteiger partial charge is 0.217 e. The van der Waals surface area contributed by atoms with Crippen molar-refractivity contribution < 1.29 is 4.79 Å². The van der Waals surface area contributed by atoms with Crippen LogP contribution >= 0.6 is 12.6 Å². The molecule has 3 heteroatoms. The summed E-state index contributed by atoms with van der Waals surface area (Å²) < 4.78 is 0. The van der Waals surface area contributed by atoms with Crippen LogP contribution in [0.5, 0.6) is 0 Å². The highest BCUT2D eigenvalue weighted by Crippen LogP contribution is 2.13. The summed E-state index contributed by atoms with van der Waals surface area (Å²) in [6.07, 6.45) is 1.54. The largest absolute Gasteiger partial charge is 0.282 e. The Morgan fingerprint density at radius 1 is 1.31 bits per heavy atom. The molecule has 2 nitrogen and oxygen atoms in total. The summed E-state index contributed by atoms with van der Waals surface area (Å²) >= 11 is 3.73. The summed E-state index contributed by atoms with van der Waals surface area (Å²) in [5.74, 6) is 0. The van der Waals surface area contributed by atoms with Gasteiger partial charge >= 0.3 is 0 Å². The van der Waals surface area contributed by atoms with Gasteiger partial charge in [-0.25, -0.2) is 0 Å². The lowest BCUT2D eigenvalue weighted by molar-refractivity contribution is 0.109. The van der Waals surface area contributed by atoms with Gasteiger partial charge in [0.25, 0.3) is 0 Å². The van der Waals surface area contributed by atoms with Crippen molar-refractivity contribution in [2.45, 2.75) is 0 Å². The van der Waals surface area contributed by atoms with Gasteiger partial charge in [-0.3, -0.25) is 9.78 Å². The zero-order valence-electron chi connectivity index (χ0n) is 6.77. The average Bonchev–Trinajstić information content (AvgIpc) is 2.17. The molecule has 2 aromatic rings. The zero-order chi connectivity index (χ0) is 9.26. The molecule has 0 N–H and O–H groups in total. The van der Waals surface area contributed by atoms with Crippen molar-refractivity contribution >= 4 is 28.6 Å². The first-order valence-corrected chi connectivity index (χ1v) is 4.30. The first-order valence-electron chi connectivity index (χ1n) is 3.85. The number of para-hydroxylation sites is 1. The number of rotatable bonds is 1. The summed E-state index contributed by atoms with van der Waals surface area (Å²) in [7, 11) is 0. The minimum atomic E-state index is -0.252. The third kappa shape index (κ3) is 1.55. The third-order valence-electron chi connectivity index (χ3n) is 1.84. The van der Waals surface area contributed by atoms with E-state index in [1.54, 1.807) is 6.07 Å². The van der Waals surface area contributed by atoms with E-state index >= 15 is 0 Å². The molecule has 1 aromatic carbocycles. The highest BCUT2D eigenvalue weighted by molar-refractivity contribution is 7.97. The van der Waals surface area contributed by atoms with Crippen LogP contribution in [0.3, 0.4) is 0 Å². The molecule has 0 aliphatic heterocycles. The molecule has 0 radical (unpaired) electrons. The van der Waals surface area contributed by atoms with Crippen LogP contribution in [0, 0.1) is 0 Å². The topological polar surface area (TPSA) is 30.0 Å². The van der Waals surface area contributed by atoms with Crippen molar-refractivity contribution in [3.05, 3.63) is 42.1 Å². The van der Waals surface area contributed by atoms with Crippen molar-refractivity contribution in [2.24, 2.45) is 0 Å². The Bertz CT molecular complexity index is 467. The van der Waals surface area contributed by atoms with Gasteiger partial charge in [0.15, 0.2) is 0 Å². The van der Waals surface area contributed by atoms with E-state index in [2.05, 4.69) is 17.6 Å². The first-order chi connectivity index (χ1) is 6.27. The molecule has 1 aromatic heterocycles. The highest BCUT2D eigenvalue weighted by atomic mass is 32.1. The van der Waals surface area contributed by atoms with Crippen LogP contribution in [0.15, 0.2) is 36.5 Å². The van der Waals surface area contributed by atoms with Crippen molar-refractivity contribution in [2.75, 3.05) is 0 Å². The summed E-state index contributed by atoms with van der Waals surface area (Å²) in [5, 5.41) is 0.709. The number of thiol groups is 1. The molecule has 0 atom stereocenters. The molecule has 0 spiro atoms. The van der Waals surface area contributed by atoms with Gasteiger partial charge in [0.1, 0.15) is 0 Å². The number of aromatic nitrogens is 1. The predicted molar refractivity (Wildman–Crippen MR) is 55.1 cm³/mol. The number of hydrogen-bond acceptors (Lipinski definition) is 2. The average molecular weight is 189 g/mol. The van der Waals surface area contributed by atoms with E-state index < -0.39 is 0 Å². The van der Waals surface area contributed by atoms with E-state index in [1.807, 2.05) is 24.3 Å². The molecular formula is C10H7NOS. The fourth-order valence-corrected chi connectivity index (χ4v) is 1.31. The molecule has 0 unspecified atom stereocenters. The molecule has 0 aliphatic carbocycles. The molecule has 0 amide bonds. The molecule has 13 heavy (non-hydrogen) atoms. The maximum absolute atomic E-state index is 10.9. The fraction of sp³-hybridized carbons (Fsp3) is 0. The lowest BCUT2D eigenvalue weighted by Gasteiger charge is -1.97. The van der Waals surface area contributed by atoms with Gasteiger partial charge in [0.2, 0.25) is 5.12 Å². The van der Waals surface area contributed by atoms with Crippen molar-refractivity contribution in [3.63, 3.8) is 0 Å². The number of nitrogens with zero attached hydrogens (tertiary/aromatic N) is 1. The Morgan fingerprint density at radius 2 is 2.08 bits per heavy atom. The second kappa shape index (κ2) is 3.18. The number of fused-ring (bicyclic) bond motifs is 1. The fourth-order valence-electron chi connectivity index (χ4n) is 1.19. The molecule has 0 bridgehead atoms. The van der Waals surface area contributed by atoms with Crippen LogP contribution < -0.4 is 0 Å². The van der Waals surface area contributed by atoms with Crippen LogP contribution in [0.25, 0.3) is 10.9 Å². The third-order valence-corrected chi connectivity index (χ3v) is 2.10. The Labute approximate surface area is 81.0 Å². The lowest BCUT2D eigenvalue weighted by Crippen LogP contribution is -1.90. The quantitative estimate of drug-likeness (QED) is 0.698. The molecule has 0 fully saturated rings. The molecule has 0 saturated carbocycles. The Morgan fingerprint density at radius 3 is 2.85 bits per heavy atom. The molecular weight excluding hydrogens is 182 g/mol. The van der Waals surface area contributed by atoms with Gasteiger partial charge in [0.05, 0.1) is 5.52 Å². The first kappa shape index (κ1) is 8.26. The van der Waals surface area contributed by atoms with Gasteiger partial charge < -0.3 is 0 Å². The molecule has 1 heterocycles. The zero-order valence-corrected chi connectivity index (χ0v) is 7.66. The van der Waals surface area contributed by atoms with Crippen LogP contribution in [-0.2, 0) is 0 Å². The van der Waals surface area contributed by atoms with E-state index in [-0.39, 0.29) is 5.12 Å². The van der Waals surface area contributed by atoms with Gasteiger partial charge in [-0.2, -0.15) is 0 Å². The summed E-state index contributed by atoms with van der Waals surface area (Å²) in [6, 6.07) is 9.44. The van der Waals surface area contributed by atoms with Gasteiger partial charge in [-0.1, -0.05) is 18.2 Å². The molecule has 0 aliphatic rings. The lowest BCUT2D eigenvalue weighted by atomic mass is 10.2. The summed E-state index contributed by atoms with van der Waals surface area (Å²) in [5.41, 5.74) is 1.42. The van der Waals surface area contributed by atoms with Crippen LogP contribution in [0.4, 0.5) is 0 Å². The van der Waals surface area contributed by atoms with E-state index in [0.717, 1.165) is 10.9 Å². The normalized spacial score (nSPS) is 10.2. The van der Waals surface area contributed by atoms with Crippen molar-refractivity contribution in [1.29, 1.82) is 0 Å². The number of carbonyl (C=O) groups excluding carboxylic acids is 1. The minimum Gasteiger partial charge on any atom is -0.282 e. The highest BCUT2D eigenvalue weighted by Gasteiger charge is 2.01. The van der Waals surface area contributed by atoms with E-state index in [0.29, 0.717) is 5.56 Å². The molecule has 0 saturated heterocycles. The number of hydrogen-bond donors (Lipinski definition) is 1. The van der Waals surface area contributed by atoms with Crippen LogP contribution in [0.2, 0.25) is 0 Å². The second-order valence-electron chi connectivity index (χ2n) is 2.72. The summed E-state index contributed by atoms with van der Waals surface area (Å²) in [4.78, 5) is 15.0. The number of benzene rings is 1. The number of pyridine rings is 1. The van der Waals surface area contributed by atoms with Crippen molar-refractivity contribution in [3.8, 4) is 0 Å². The van der Waals surface area contributed by atoms with E-state index in [1.165, 1.54) is 6.20 Å². The standard InChI is InChI=1S/C10H7NOS/c12-10(13)8-5-7-3-1-2-4-9(7)11-6-8/h1-6H,(H,12,13). The Balaban J connectivity index is 2.69. The molecule has 64 valence electrons. The van der Waals surface area contributed by atoms with E-state index in [4.69, 9.17) is 0 Å². The van der Waals surface area contributed by atoms with Crippen LogP contribution in [0.1, 0.15) is 10.4 Å². The second-order valence-corrected chi connectivity index (χ2v) is 3.13. The van der Waals surface area contributed by atoms with Gasteiger partial charge in [-0.05, 0) is 12.1 Å². The maximum Gasteiger partial charge on any atom is 0.217 e. The summed E-state index contributed by atoms with van der Waals surface area (Å²) in [6.45, 7) is 0. The van der Waals surface area contributed by atoms with Gasteiger partial charge in [-0.15, -0.1) is 12.6 Å². The Hall–Kier alpha value is -1.35. The van der Waals surface area contributed by atoms with Gasteiger partial charge in [0, 0.05) is 17.1 Å². The van der Waals surface area contributed by atoms with Crippen molar-refractivity contribution in [1.82, 2.24) is 4.98 Å². The molecule has 2 rings (SSSR count). The van der Waals surface area contributed by atoms with E-state index in [9.17, 15) is 4.79 Å². The Kier molecular flexibility index (Phi) is 2.02. The number of carbonyl (C=O) groups is 1. The predicted octanol–water partition coefficient (Wildman–Crippen LogP) is 2.30. The SMILES string of the molecule is O=C(S)c1cnc2ccccc2c1.